The summed E-state index contributed by atoms with van der Waals surface area (Å²) in [5.41, 5.74) is 3.50. The fraction of sp³-hybridized carbons (Fsp3) is 0.381. The molecular weight excluding hydrogens is 340 g/mol. The Hall–Kier alpha value is -2.89. The van der Waals surface area contributed by atoms with Crippen molar-refractivity contribution in [2.45, 2.75) is 52.0 Å². The molecule has 0 bridgehead atoms. The molecule has 1 saturated carbocycles. The first-order valence-electron chi connectivity index (χ1n) is 9.54. The Labute approximate surface area is 157 Å². The third-order valence-electron chi connectivity index (χ3n) is 5.37. The monoisotopic (exact) mass is 364 g/mol. The summed E-state index contributed by atoms with van der Waals surface area (Å²) in [5, 5.41) is 6.11. The van der Waals surface area contributed by atoms with Crippen molar-refractivity contribution >= 4 is 11.6 Å². The molecule has 0 radical (unpaired) electrons. The molecule has 1 fully saturated rings. The van der Waals surface area contributed by atoms with Gasteiger partial charge >= 0.3 is 0 Å². The summed E-state index contributed by atoms with van der Waals surface area (Å²) < 4.78 is 1.39. The van der Waals surface area contributed by atoms with Crippen LogP contribution < -0.4 is 10.9 Å². The quantitative estimate of drug-likeness (QED) is 0.748. The number of carbonyl (C=O) groups excluding carboxylic acids is 1. The van der Waals surface area contributed by atoms with E-state index in [0.717, 1.165) is 42.5 Å². The average Bonchev–Trinajstić information content (AvgIpc) is 2.99. The van der Waals surface area contributed by atoms with Gasteiger partial charge in [-0.25, -0.2) is 9.50 Å². The van der Waals surface area contributed by atoms with E-state index >= 15 is 0 Å². The van der Waals surface area contributed by atoms with Gasteiger partial charge in [0.2, 0.25) is 0 Å². The second-order valence-electron chi connectivity index (χ2n) is 7.32. The van der Waals surface area contributed by atoms with Crippen LogP contribution in [0.4, 0.5) is 0 Å². The Balaban J connectivity index is 1.78. The van der Waals surface area contributed by atoms with Gasteiger partial charge in [-0.05, 0) is 32.3 Å². The molecule has 1 amide bonds. The van der Waals surface area contributed by atoms with Gasteiger partial charge in [-0.2, -0.15) is 0 Å². The summed E-state index contributed by atoms with van der Waals surface area (Å²) in [6.45, 7) is 3.64. The van der Waals surface area contributed by atoms with Gasteiger partial charge in [-0.3, -0.25) is 14.7 Å². The van der Waals surface area contributed by atoms with Gasteiger partial charge in [-0.15, -0.1) is 0 Å². The first kappa shape index (κ1) is 17.5. The highest BCUT2D eigenvalue weighted by Gasteiger charge is 2.24. The molecule has 3 aromatic rings. The van der Waals surface area contributed by atoms with Gasteiger partial charge in [0.05, 0.1) is 5.69 Å². The normalized spacial score (nSPS) is 15.2. The summed E-state index contributed by atoms with van der Waals surface area (Å²) in [4.78, 5) is 30.5. The van der Waals surface area contributed by atoms with E-state index in [9.17, 15) is 9.59 Å². The van der Waals surface area contributed by atoms with Crippen LogP contribution in [0, 0.1) is 13.8 Å². The number of benzene rings is 1. The predicted octanol–water partition coefficient (Wildman–Crippen LogP) is 3.37. The maximum atomic E-state index is 13.1. The van der Waals surface area contributed by atoms with Gasteiger partial charge in [0.15, 0.2) is 5.65 Å². The molecule has 0 spiro atoms. The Morgan fingerprint density at radius 1 is 1.15 bits per heavy atom. The molecular formula is C21H24N4O2. The smallest absolute Gasteiger partial charge is 0.285 e. The molecule has 1 aromatic carbocycles. The number of nitrogens with one attached hydrogen (secondary N) is 2. The molecule has 0 saturated heterocycles. The molecule has 1 aliphatic carbocycles. The summed E-state index contributed by atoms with van der Waals surface area (Å²) in [6, 6.07) is 9.98. The summed E-state index contributed by atoms with van der Waals surface area (Å²) in [7, 11) is 0. The molecule has 4 rings (SSSR count). The topological polar surface area (TPSA) is 79.3 Å². The average molecular weight is 364 g/mol. The molecule has 0 aliphatic heterocycles. The number of hydrogen-bond donors (Lipinski definition) is 2. The minimum absolute atomic E-state index is 0.124. The molecule has 2 heterocycles. The maximum absolute atomic E-state index is 13.1. The lowest BCUT2D eigenvalue weighted by Crippen LogP contribution is -2.40. The molecule has 6 nitrogen and oxygen atoms in total. The van der Waals surface area contributed by atoms with Crippen LogP contribution in [-0.4, -0.2) is 26.5 Å². The Morgan fingerprint density at radius 3 is 2.56 bits per heavy atom. The lowest BCUT2D eigenvalue weighted by molar-refractivity contribution is 0.0924. The number of aryl methyl sites for hydroxylation is 2. The van der Waals surface area contributed by atoms with E-state index < -0.39 is 0 Å². The van der Waals surface area contributed by atoms with Crippen molar-refractivity contribution in [3.8, 4) is 11.1 Å². The number of H-pyrrole nitrogens is 1. The van der Waals surface area contributed by atoms with Crippen LogP contribution in [0.3, 0.4) is 0 Å². The van der Waals surface area contributed by atoms with Crippen LogP contribution in [0.1, 0.15) is 53.8 Å². The Morgan fingerprint density at radius 2 is 1.85 bits per heavy atom. The van der Waals surface area contributed by atoms with E-state index in [2.05, 4.69) is 15.4 Å². The number of hydrogen-bond acceptors (Lipinski definition) is 3. The summed E-state index contributed by atoms with van der Waals surface area (Å²) in [6.07, 6.45) is 5.40. The van der Waals surface area contributed by atoms with Crippen molar-refractivity contribution in [3.63, 3.8) is 0 Å². The fourth-order valence-electron chi connectivity index (χ4n) is 4.01. The third-order valence-corrected chi connectivity index (χ3v) is 5.37. The highest BCUT2D eigenvalue weighted by atomic mass is 16.2. The van der Waals surface area contributed by atoms with E-state index in [-0.39, 0.29) is 23.1 Å². The van der Waals surface area contributed by atoms with Gasteiger partial charge in [0.1, 0.15) is 5.56 Å². The standard InChI is InChI=1S/C21H24N4O2/c1-13-18(20(26)23-16-11-7-4-8-12-16)21(27)25-19(22-13)17(14(2)24-25)15-9-5-3-6-10-15/h3,5-6,9-10,16,24H,4,7-8,11-12H2,1-2H3,(H,23,26). The Bertz CT molecular complexity index is 1040. The van der Waals surface area contributed by atoms with E-state index in [4.69, 9.17) is 0 Å². The molecule has 6 heteroatoms. The van der Waals surface area contributed by atoms with E-state index in [1.165, 1.54) is 10.9 Å². The minimum Gasteiger partial charge on any atom is -0.349 e. The largest absolute Gasteiger partial charge is 0.349 e. The van der Waals surface area contributed by atoms with Crippen LogP contribution in [0.2, 0.25) is 0 Å². The van der Waals surface area contributed by atoms with Crippen molar-refractivity contribution in [2.75, 3.05) is 0 Å². The van der Waals surface area contributed by atoms with Crippen LogP contribution in [-0.2, 0) is 0 Å². The second-order valence-corrected chi connectivity index (χ2v) is 7.32. The fourth-order valence-corrected chi connectivity index (χ4v) is 4.01. The highest BCUT2D eigenvalue weighted by molar-refractivity contribution is 5.95. The molecule has 1 aliphatic rings. The predicted molar refractivity (Wildman–Crippen MR) is 105 cm³/mol. The minimum atomic E-state index is -0.351. The second kappa shape index (κ2) is 7.02. The summed E-state index contributed by atoms with van der Waals surface area (Å²) >= 11 is 0. The zero-order valence-electron chi connectivity index (χ0n) is 15.7. The van der Waals surface area contributed by atoms with Crippen molar-refractivity contribution < 1.29 is 4.79 Å². The van der Waals surface area contributed by atoms with Crippen molar-refractivity contribution in [3.05, 3.63) is 57.6 Å². The van der Waals surface area contributed by atoms with Crippen LogP contribution >= 0.6 is 0 Å². The molecule has 2 N–H and O–H groups in total. The lowest BCUT2D eigenvalue weighted by atomic mass is 9.95. The van der Waals surface area contributed by atoms with Crippen LogP contribution in [0.25, 0.3) is 16.8 Å². The molecule has 27 heavy (non-hydrogen) atoms. The molecule has 140 valence electrons. The first-order chi connectivity index (χ1) is 13.1. The first-order valence-corrected chi connectivity index (χ1v) is 9.54. The number of aromatic nitrogens is 3. The number of amides is 1. The van der Waals surface area contributed by atoms with Gasteiger partial charge in [-0.1, -0.05) is 49.6 Å². The number of fused-ring (bicyclic) bond motifs is 1. The van der Waals surface area contributed by atoms with Crippen LogP contribution in [0.15, 0.2) is 35.1 Å². The van der Waals surface area contributed by atoms with E-state index in [1.54, 1.807) is 6.92 Å². The zero-order valence-corrected chi connectivity index (χ0v) is 15.7. The van der Waals surface area contributed by atoms with Crippen molar-refractivity contribution in [1.29, 1.82) is 0 Å². The van der Waals surface area contributed by atoms with Gasteiger partial charge in [0, 0.05) is 17.3 Å². The number of carbonyl (C=O) groups is 1. The summed E-state index contributed by atoms with van der Waals surface area (Å²) in [5.74, 6) is -0.320. The number of aromatic amines is 1. The lowest BCUT2D eigenvalue weighted by Gasteiger charge is -2.22. The molecule has 2 aromatic heterocycles. The Kier molecular flexibility index (Phi) is 4.56. The van der Waals surface area contributed by atoms with E-state index in [0.29, 0.717) is 11.3 Å². The zero-order chi connectivity index (χ0) is 19.0. The number of nitrogens with zero attached hydrogens (tertiary/aromatic N) is 2. The molecule has 0 unspecified atom stereocenters. The number of rotatable bonds is 3. The van der Waals surface area contributed by atoms with Gasteiger partial charge in [0.25, 0.3) is 11.5 Å². The third kappa shape index (κ3) is 3.16. The highest BCUT2D eigenvalue weighted by Crippen LogP contribution is 2.26. The van der Waals surface area contributed by atoms with Gasteiger partial charge < -0.3 is 5.32 Å². The van der Waals surface area contributed by atoms with Crippen molar-refractivity contribution in [2.24, 2.45) is 0 Å². The SMILES string of the molecule is Cc1nc2c(-c3ccccc3)c(C)[nH]n2c(=O)c1C(=O)NC1CCCCC1. The van der Waals surface area contributed by atoms with Crippen LogP contribution in [0.5, 0.6) is 0 Å². The van der Waals surface area contributed by atoms with E-state index in [1.807, 2.05) is 37.3 Å². The molecule has 0 atom stereocenters. The maximum Gasteiger partial charge on any atom is 0.285 e. The van der Waals surface area contributed by atoms with Crippen molar-refractivity contribution in [1.82, 2.24) is 19.9 Å².